The molecular formula is C13H19NO3. The lowest BCUT2D eigenvalue weighted by Crippen LogP contribution is -2.26. The minimum Gasteiger partial charge on any atom is -0.494 e. The molecule has 0 aliphatic heterocycles. The second-order valence-corrected chi connectivity index (χ2v) is 3.62. The van der Waals surface area contributed by atoms with E-state index >= 15 is 0 Å². The highest BCUT2D eigenvalue weighted by Gasteiger charge is 2.04. The largest absolute Gasteiger partial charge is 0.494 e. The lowest BCUT2D eigenvalue weighted by Gasteiger charge is -2.06. The summed E-state index contributed by atoms with van der Waals surface area (Å²) in [6.07, 6.45) is 0.971. The molecule has 17 heavy (non-hydrogen) atoms. The first-order valence-electron chi connectivity index (χ1n) is 5.78. The minimum absolute atomic E-state index is 0.0934. The molecule has 0 aromatic heterocycles. The number of carbonyl (C=O) groups excluding carboxylic acids is 1. The summed E-state index contributed by atoms with van der Waals surface area (Å²) in [4.78, 5) is 11.6. The first kappa shape index (κ1) is 13.5. The molecule has 0 unspecified atom stereocenters. The van der Waals surface area contributed by atoms with Gasteiger partial charge in [0.1, 0.15) is 5.75 Å². The van der Waals surface area contributed by atoms with Crippen molar-refractivity contribution in [2.24, 2.45) is 0 Å². The molecule has 0 bridgehead atoms. The number of nitrogens with one attached hydrogen (secondary N) is 1. The molecule has 1 rings (SSSR count). The van der Waals surface area contributed by atoms with E-state index in [0.29, 0.717) is 25.3 Å². The second kappa shape index (κ2) is 7.68. The van der Waals surface area contributed by atoms with E-state index in [4.69, 9.17) is 9.47 Å². The minimum atomic E-state index is -0.0934. The van der Waals surface area contributed by atoms with E-state index in [2.05, 4.69) is 12.2 Å². The molecule has 0 atom stereocenters. The average Bonchev–Trinajstić information content (AvgIpc) is 2.37. The van der Waals surface area contributed by atoms with Crippen LogP contribution in [-0.2, 0) is 4.74 Å². The van der Waals surface area contributed by atoms with Crippen molar-refractivity contribution in [3.8, 4) is 5.75 Å². The first-order valence-corrected chi connectivity index (χ1v) is 5.78. The van der Waals surface area contributed by atoms with Gasteiger partial charge in [-0.2, -0.15) is 0 Å². The van der Waals surface area contributed by atoms with Crippen molar-refractivity contribution >= 4 is 5.91 Å². The van der Waals surface area contributed by atoms with E-state index in [1.807, 2.05) is 0 Å². The summed E-state index contributed by atoms with van der Waals surface area (Å²) in [7, 11) is 1.60. The number of rotatable bonds is 7. The molecule has 0 saturated carbocycles. The van der Waals surface area contributed by atoms with Crippen molar-refractivity contribution in [3.63, 3.8) is 0 Å². The summed E-state index contributed by atoms with van der Waals surface area (Å²) in [5.74, 6) is 0.699. The summed E-state index contributed by atoms with van der Waals surface area (Å²) in [5.41, 5.74) is 0.630. The van der Waals surface area contributed by atoms with Gasteiger partial charge in [-0.25, -0.2) is 0 Å². The highest BCUT2D eigenvalue weighted by atomic mass is 16.5. The van der Waals surface area contributed by atoms with Gasteiger partial charge in [0.2, 0.25) is 0 Å². The van der Waals surface area contributed by atoms with Crippen molar-refractivity contribution in [3.05, 3.63) is 29.8 Å². The molecule has 1 N–H and O–H groups in total. The van der Waals surface area contributed by atoms with Gasteiger partial charge in [-0.1, -0.05) is 6.92 Å². The van der Waals surface area contributed by atoms with Gasteiger partial charge in [-0.15, -0.1) is 0 Å². The van der Waals surface area contributed by atoms with Crippen LogP contribution in [0.25, 0.3) is 0 Å². The van der Waals surface area contributed by atoms with Crippen LogP contribution < -0.4 is 10.1 Å². The first-order chi connectivity index (χ1) is 8.27. The van der Waals surface area contributed by atoms with Crippen LogP contribution in [0.15, 0.2) is 24.3 Å². The van der Waals surface area contributed by atoms with E-state index in [1.54, 1.807) is 31.4 Å². The fraction of sp³-hybridized carbons (Fsp3) is 0.462. The van der Waals surface area contributed by atoms with Gasteiger partial charge in [-0.3, -0.25) is 4.79 Å². The second-order valence-electron chi connectivity index (χ2n) is 3.62. The number of hydrogen-bond donors (Lipinski definition) is 1. The van der Waals surface area contributed by atoms with Gasteiger partial charge in [0.05, 0.1) is 13.2 Å². The summed E-state index contributed by atoms with van der Waals surface area (Å²) >= 11 is 0. The van der Waals surface area contributed by atoms with Gasteiger partial charge in [-0.05, 0) is 30.7 Å². The maximum Gasteiger partial charge on any atom is 0.251 e. The monoisotopic (exact) mass is 237 g/mol. The Morgan fingerprint density at radius 3 is 2.53 bits per heavy atom. The lowest BCUT2D eigenvalue weighted by atomic mass is 10.2. The van der Waals surface area contributed by atoms with Crippen molar-refractivity contribution < 1.29 is 14.3 Å². The average molecular weight is 237 g/mol. The standard InChI is InChI=1S/C13H19NO3/c1-3-9-17-12-6-4-11(5-7-12)13(15)14-8-10-16-2/h4-7H,3,8-10H2,1-2H3,(H,14,15). The molecule has 4 nitrogen and oxygen atoms in total. The molecule has 0 saturated heterocycles. The van der Waals surface area contributed by atoms with Crippen molar-refractivity contribution in [1.29, 1.82) is 0 Å². The molecule has 0 radical (unpaired) electrons. The van der Waals surface area contributed by atoms with Crippen molar-refractivity contribution in [2.45, 2.75) is 13.3 Å². The van der Waals surface area contributed by atoms with Crippen molar-refractivity contribution in [2.75, 3.05) is 26.9 Å². The number of methoxy groups -OCH3 is 1. The Morgan fingerprint density at radius 2 is 1.94 bits per heavy atom. The Kier molecular flexibility index (Phi) is 6.10. The number of amides is 1. The van der Waals surface area contributed by atoms with Crippen LogP contribution in [0.5, 0.6) is 5.75 Å². The van der Waals surface area contributed by atoms with E-state index in [1.165, 1.54) is 0 Å². The summed E-state index contributed by atoms with van der Waals surface area (Å²) in [6.45, 7) is 3.78. The highest BCUT2D eigenvalue weighted by Crippen LogP contribution is 2.12. The molecule has 0 spiro atoms. The smallest absolute Gasteiger partial charge is 0.251 e. The Hall–Kier alpha value is -1.55. The molecule has 0 heterocycles. The molecule has 94 valence electrons. The molecular weight excluding hydrogens is 218 g/mol. The molecule has 1 aromatic carbocycles. The van der Waals surface area contributed by atoms with E-state index < -0.39 is 0 Å². The van der Waals surface area contributed by atoms with E-state index in [0.717, 1.165) is 12.2 Å². The fourth-order valence-electron chi connectivity index (χ4n) is 1.29. The zero-order valence-electron chi connectivity index (χ0n) is 10.4. The number of benzene rings is 1. The lowest BCUT2D eigenvalue weighted by molar-refractivity contribution is 0.0937. The van der Waals surface area contributed by atoms with Crippen LogP contribution in [0.3, 0.4) is 0 Å². The Morgan fingerprint density at radius 1 is 1.24 bits per heavy atom. The zero-order chi connectivity index (χ0) is 12.5. The third-order valence-electron chi connectivity index (χ3n) is 2.18. The van der Waals surface area contributed by atoms with Crippen molar-refractivity contribution in [1.82, 2.24) is 5.32 Å². The summed E-state index contributed by atoms with van der Waals surface area (Å²) in [5, 5.41) is 2.76. The maximum atomic E-state index is 11.6. The highest BCUT2D eigenvalue weighted by molar-refractivity contribution is 5.94. The normalized spacial score (nSPS) is 10.0. The molecule has 1 amide bonds. The Balaban J connectivity index is 2.46. The molecule has 0 aliphatic rings. The van der Waals surface area contributed by atoms with Crippen LogP contribution in [0.2, 0.25) is 0 Å². The number of carbonyl (C=O) groups is 1. The van der Waals surface area contributed by atoms with Crippen LogP contribution in [0.4, 0.5) is 0 Å². The van der Waals surface area contributed by atoms with E-state index in [9.17, 15) is 4.79 Å². The third-order valence-corrected chi connectivity index (χ3v) is 2.18. The van der Waals surface area contributed by atoms with Crippen LogP contribution in [0.1, 0.15) is 23.7 Å². The van der Waals surface area contributed by atoms with Gasteiger partial charge in [0, 0.05) is 19.2 Å². The topological polar surface area (TPSA) is 47.6 Å². The maximum absolute atomic E-state index is 11.6. The number of hydrogen-bond acceptors (Lipinski definition) is 3. The Bertz CT molecular complexity index is 335. The van der Waals surface area contributed by atoms with Gasteiger partial charge in [0.15, 0.2) is 0 Å². The third kappa shape index (κ3) is 4.87. The molecule has 4 heteroatoms. The Labute approximate surface area is 102 Å². The zero-order valence-corrected chi connectivity index (χ0v) is 10.4. The predicted octanol–water partition coefficient (Wildman–Crippen LogP) is 1.85. The molecule has 0 fully saturated rings. The molecule has 1 aromatic rings. The van der Waals surface area contributed by atoms with Gasteiger partial charge < -0.3 is 14.8 Å². The van der Waals surface area contributed by atoms with Crippen LogP contribution in [0, 0.1) is 0 Å². The van der Waals surface area contributed by atoms with Crippen LogP contribution in [-0.4, -0.2) is 32.8 Å². The van der Waals surface area contributed by atoms with E-state index in [-0.39, 0.29) is 5.91 Å². The fourth-order valence-corrected chi connectivity index (χ4v) is 1.29. The van der Waals surface area contributed by atoms with Gasteiger partial charge >= 0.3 is 0 Å². The van der Waals surface area contributed by atoms with Gasteiger partial charge in [0.25, 0.3) is 5.91 Å². The van der Waals surface area contributed by atoms with Crippen LogP contribution >= 0.6 is 0 Å². The summed E-state index contributed by atoms with van der Waals surface area (Å²) < 4.78 is 10.3. The summed E-state index contributed by atoms with van der Waals surface area (Å²) in [6, 6.07) is 7.13. The number of ether oxygens (including phenoxy) is 2. The SMILES string of the molecule is CCCOc1ccc(C(=O)NCCOC)cc1. The quantitative estimate of drug-likeness (QED) is 0.736. The molecule has 0 aliphatic carbocycles. The predicted molar refractivity (Wildman–Crippen MR) is 66.4 cm³/mol.